The summed E-state index contributed by atoms with van der Waals surface area (Å²) in [6.07, 6.45) is 0.564. The Morgan fingerprint density at radius 2 is 2.10 bits per heavy atom. The highest BCUT2D eigenvalue weighted by molar-refractivity contribution is 7.89. The number of methoxy groups -OCH3 is 1. The summed E-state index contributed by atoms with van der Waals surface area (Å²) in [7, 11) is -0.802. The Morgan fingerprint density at radius 3 is 2.57 bits per heavy atom. The van der Waals surface area contributed by atoms with Crippen LogP contribution in [0.3, 0.4) is 0 Å². The lowest BCUT2D eigenvalue weighted by atomic mass is 10.3. The highest BCUT2D eigenvalue weighted by atomic mass is 32.2. The van der Waals surface area contributed by atoms with Crippen LogP contribution in [0, 0.1) is 10.1 Å². The molecule has 1 unspecified atom stereocenters. The van der Waals surface area contributed by atoms with E-state index >= 15 is 0 Å². The van der Waals surface area contributed by atoms with Gasteiger partial charge < -0.3 is 10.1 Å². The monoisotopic (exact) mass is 317 g/mol. The predicted molar refractivity (Wildman–Crippen MR) is 78.9 cm³/mol. The van der Waals surface area contributed by atoms with Crippen molar-refractivity contribution in [2.24, 2.45) is 0 Å². The first-order valence-corrected chi connectivity index (χ1v) is 7.81. The maximum absolute atomic E-state index is 12.4. The molecule has 0 spiro atoms. The van der Waals surface area contributed by atoms with Gasteiger partial charge in [0, 0.05) is 32.3 Å². The Labute approximate surface area is 123 Å². The van der Waals surface area contributed by atoms with E-state index in [2.05, 4.69) is 10.0 Å². The number of hydrogen-bond acceptors (Lipinski definition) is 6. The van der Waals surface area contributed by atoms with Gasteiger partial charge in [0.15, 0.2) is 0 Å². The van der Waals surface area contributed by atoms with E-state index in [0.717, 1.165) is 6.07 Å². The van der Waals surface area contributed by atoms with Crippen molar-refractivity contribution in [3.8, 4) is 0 Å². The highest BCUT2D eigenvalue weighted by Crippen LogP contribution is 2.26. The number of benzene rings is 1. The molecule has 0 heterocycles. The molecule has 0 fully saturated rings. The van der Waals surface area contributed by atoms with E-state index in [1.807, 2.05) is 6.92 Å². The van der Waals surface area contributed by atoms with Gasteiger partial charge in [0.1, 0.15) is 4.90 Å². The third-order valence-electron chi connectivity index (χ3n) is 2.92. The predicted octanol–water partition coefficient (Wildman–Crippen LogP) is 1.34. The maximum Gasteiger partial charge on any atom is 0.271 e. The number of nitrogens with one attached hydrogen (secondary N) is 2. The third kappa shape index (κ3) is 4.38. The summed E-state index contributed by atoms with van der Waals surface area (Å²) in [6, 6.07) is 3.20. The molecule has 9 heteroatoms. The second-order valence-electron chi connectivity index (χ2n) is 4.37. The van der Waals surface area contributed by atoms with Crippen LogP contribution in [-0.4, -0.2) is 40.1 Å². The van der Waals surface area contributed by atoms with Crippen LogP contribution in [-0.2, 0) is 14.8 Å². The Balaban J connectivity index is 3.15. The van der Waals surface area contributed by atoms with Gasteiger partial charge in [-0.3, -0.25) is 10.1 Å². The van der Waals surface area contributed by atoms with Crippen LogP contribution in [0.1, 0.15) is 13.3 Å². The minimum atomic E-state index is -3.79. The molecule has 0 saturated heterocycles. The second-order valence-corrected chi connectivity index (χ2v) is 6.05. The van der Waals surface area contributed by atoms with Gasteiger partial charge in [0.2, 0.25) is 10.0 Å². The van der Waals surface area contributed by atoms with E-state index in [0.29, 0.717) is 6.42 Å². The van der Waals surface area contributed by atoms with Crippen LogP contribution in [0.25, 0.3) is 0 Å². The van der Waals surface area contributed by atoms with Crippen molar-refractivity contribution in [1.29, 1.82) is 0 Å². The lowest BCUT2D eigenvalue weighted by molar-refractivity contribution is -0.384. The van der Waals surface area contributed by atoms with Crippen LogP contribution < -0.4 is 10.0 Å². The minimum Gasteiger partial charge on any atom is -0.387 e. The molecular formula is C12H19N3O5S. The fourth-order valence-corrected chi connectivity index (χ4v) is 3.28. The molecule has 1 aromatic carbocycles. The van der Waals surface area contributed by atoms with Gasteiger partial charge in [-0.05, 0) is 12.5 Å². The fourth-order valence-electron chi connectivity index (χ4n) is 1.78. The van der Waals surface area contributed by atoms with E-state index in [-0.39, 0.29) is 28.9 Å². The Bertz CT molecular complexity index is 603. The average Bonchev–Trinajstić information content (AvgIpc) is 2.45. The lowest BCUT2D eigenvalue weighted by Crippen LogP contribution is -2.37. The van der Waals surface area contributed by atoms with E-state index in [1.54, 1.807) is 0 Å². The minimum absolute atomic E-state index is 0.0369. The molecule has 0 saturated carbocycles. The first-order valence-electron chi connectivity index (χ1n) is 6.33. The summed E-state index contributed by atoms with van der Waals surface area (Å²) >= 11 is 0. The van der Waals surface area contributed by atoms with Crippen molar-refractivity contribution in [2.75, 3.05) is 26.1 Å². The number of rotatable bonds is 8. The molecule has 0 amide bonds. The molecule has 1 aromatic rings. The Kier molecular flexibility index (Phi) is 6.06. The molecule has 0 aliphatic carbocycles. The summed E-state index contributed by atoms with van der Waals surface area (Å²) in [5, 5.41) is 13.4. The van der Waals surface area contributed by atoms with Gasteiger partial charge in [0.05, 0.1) is 17.2 Å². The molecule has 0 aliphatic heterocycles. The quantitative estimate of drug-likeness (QED) is 0.553. The van der Waals surface area contributed by atoms with Crippen LogP contribution in [0.2, 0.25) is 0 Å². The Hall–Kier alpha value is -1.71. The molecule has 0 radical (unpaired) electrons. The summed E-state index contributed by atoms with van der Waals surface area (Å²) in [4.78, 5) is 10.1. The summed E-state index contributed by atoms with van der Waals surface area (Å²) in [5.41, 5.74) is -0.00815. The van der Waals surface area contributed by atoms with E-state index in [9.17, 15) is 18.5 Å². The van der Waals surface area contributed by atoms with Gasteiger partial charge in [-0.1, -0.05) is 6.92 Å². The standard InChI is InChI=1S/C12H19N3O5S/c1-4-9(8-20-3)14-21(18,19)12-6-5-10(15(16)17)7-11(12)13-2/h5-7,9,13-14H,4,8H2,1-3H3. The van der Waals surface area contributed by atoms with Crippen LogP contribution in [0.4, 0.5) is 11.4 Å². The zero-order valence-electron chi connectivity index (χ0n) is 12.1. The zero-order chi connectivity index (χ0) is 16.0. The summed E-state index contributed by atoms with van der Waals surface area (Å²) in [5.74, 6) is 0. The fraction of sp³-hybridized carbons (Fsp3) is 0.500. The molecule has 1 rings (SSSR count). The number of nitro benzene ring substituents is 1. The van der Waals surface area contributed by atoms with Crippen molar-refractivity contribution >= 4 is 21.4 Å². The topological polar surface area (TPSA) is 111 Å². The molecule has 0 aliphatic rings. The normalized spacial score (nSPS) is 12.9. The smallest absolute Gasteiger partial charge is 0.271 e. The largest absolute Gasteiger partial charge is 0.387 e. The van der Waals surface area contributed by atoms with Crippen molar-refractivity contribution in [2.45, 2.75) is 24.3 Å². The molecule has 1 atom stereocenters. The number of nitrogens with zero attached hydrogens (tertiary/aromatic N) is 1. The first-order chi connectivity index (χ1) is 9.85. The van der Waals surface area contributed by atoms with Gasteiger partial charge in [-0.25, -0.2) is 13.1 Å². The molecule has 21 heavy (non-hydrogen) atoms. The maximum atomic E-state index is 12.4. The second kappa shape index (κ2) is 7.34. The number of ether oxygens (including phenoxy) is 1. The third-order valence-corrected chi connectivity index (χ3v) is 4.49. The number of non-ortho nitro benzene ring substituents is 1. The molecule has 118 valence electrons. The van der Waals surface area contributed by atoms with Crippen molar-refractivity contribution in [3.05, 3.63) is 28.3 Å². The van der Waals surface area contributed by atoms with Gasteiger partial charge >= 0.3 is 0 Å². The van der Waals surface area contributed by atoms with Crippen LogP contribution in [0.15, 0.2) is 23.1 Å². The number of sulfonamides is 1. The van der Waals surface area contributed by atoms with Crippen LogP contribution in [0.5, 0.6) is 0 Å². The summed E-state index contributed by atoms with van der Waals surface area (Å²) in [6.45, 7) is 2.08. The van der Waals surface area contributed by atoms with E-state index in [1.165, 1.54) is 26.3 Å². The van der Waals surface area contributed by atoms with E-state index < -0.39 is 14.9 Å². The molecule has 2 N–H and O–H groups in total. The molecular weight excluding hydrogens is 298 g/mol. The van der Waals surface area contributed by atoms with Crippen molar-refractivity contribution < 1.29 is 18.1 Å². The lowest BCUT2D eigenvalue weighted by Gasteiger charge is -2.17. The number of hydrogen-bond donors (Lipinski definition) is 2. The molecule has 0 bridgehead atoms. The van der Waals surface area contributed by atoms with Crippen LogP contribution >= 0.6 is 0 Å². The highest BCUT2D eigenvalue weighted by Gasteiger charge is 2.23. The number of nitro groups is 1. The van der Waals surface area contributed by atoms with Crippen molar-refractivity contribution in [3.63, 3.8) is 0 Å². The zero-order valence-corrected chi connectivity index (χ0v) is 12.9. The van der Waals surface area contributed by atoms with Gasteiger partial charge in [-0.2, -0.15) is 0 Å². The van der Waals surface area contributed by atoms with Gasteiger partial charge in [-0.15, -0.1) is 0 Å². The molecule has 0 aromatic heterocycles. The van der Waals surface area contributed by atoms with E-state index in [4.69, 9.17) is 4.74 Å². The van der Waals surface area contributed by atoms with Gasteiger partial charge in [0.25, 0.3) is 5.69 Å². The first kappa shape index (κ1) is 17.3. The molecule has 8 nitrogen and oxygen atoms in total. The SMILES string of the molecule is CCC(COC)NS(=O)(=O)c1ccc([N+](=O)[O-])cc1NC. The Morgan fingerprint density at radius 1 is 1.43 bits per heavy atom. The number of anilines is 1. The summed E-state index contributed by atoms with van der Waals surface area (Å²) < 4.78 is 32.2. The van der Waals surface area contributed by atoms with Crippen molar-refractivity contribution in [1.82, 2.24) is 4.72 Å². The average molecular weight is 317 g/mol.